The summed E-state index contributed by atoms with van der Waals surface area (Å²) in [6.45, 7) is 3.26. The van der Waals surface area contributed by atoms with Gasteiger partial charge < -0.3 is 10.2 Å². The van der Waals surface area contributed by atoms with E-state index < -0.39 is 31.0 Å². The van der Waals surface area contributed by atoms with E-state index in [0.717, 1.165) is 12.0 Å². The van der Waals surface area contributed by atoms with Crippen LogP contribution >= 0.6 is 0 Å². The lowest BCUT2D eigenvalue weighted by Gasteiger charge is -2.21. The first kappa shape index (κ1) is 19.4. The zero-order valence-electron chi connectivity index (χ0n) is 14.4. The van der Waals surface area contributed by atoms with Gasteiger partial charge in [-0.05, 0) is 38.2 Å². The van der Waals surface area contributed by atoms with Crippen LogP contribution in [0.1, 0.15) is 12.5 Å². The molecule has 0 spiro atoms. The van der Waals surface area contributed by atoms with Gasteiger partial charge in [-0.25, -0.2) is 16.8 Å². The number of nitrogens with one attached hydrogen (secondary N) is 1. The average Bonchev–Trinajstić information content (AvgIpc) is 2.82. The number of rotatable bonds is 7. The SMILES string of the molecule is CCc1ccc(S(=O)(=O)C2CS(=O)(=O)CC2NCCN(C)C)cc1. The lowest BCUT2D eigenvalue weighted by molar-refractivity contribution is 0.388. The predicted molar refractivity (Wildman–Crippen MR) is 95.8 cm³/mol. The Morgan fingerprint density at radius 3 is 2.33 bits per heavy atom. The summed E-state index contributed by atoms with van der Waals surface area (Å²) in [5, 5.41) is 2.18. The molecule has 1 saturated heterocycles. The number of sulfone groups is 2. The highest BCUT2D eigenvalue weighted by atomic mass is 32.2. The van der Waals surface area contributed by atoms with Crippen LogP contribution in [-0.2, 0) is 26.1 Å². The Kier molecular flexibility index (Phi) is 6.06. The Morgan fingerprint density at radius 1 is 1.17 bits per heavy atom. The summed E-state index contributed by atoms with van der Waals surface area (Å²) in [4.78, 5) is 2.16. The minimum atomic E-state index is -3.69. The van der Waals surface area contributed by atoms with Crippen molar-refractivity contribution in [3.05, 3.63) is 29.8 Å². The second-order valence-corrected chi connectivity index (χ2v) is 10.8. The molecule has 1 fully saturated rings. The number of benzene rings is 1. The summed E-state index contributed by atoms with van der Waals surface area (Å²) in [5.41, 5.74) is 1.05. The summed E-state index contributed by atoms with van der Waals surface area (Å²) in [6.07, 6.45) is 0.826. The maximum absolute atomic E-state index is 12.9. The van der Waals surface area contributed by atoms with E-state index in [1.54, 1.807) is 24.3 Å². The molecule has 0 aliphatic carbocycles. The minimum Gasteiger partial charge on any atom is -0.310 e. The first-order valence-electron chi connectivity index (χ1n) is 8.07. The molecule has 8 heteroatoms. The van der Waals surface area contributed by atoms with Crippen molar-refractivity contribution < 1.29 is 16.8 Å². The zero-order chi connectivity index (χ0) is 18.0. The first-order chi connectivity index (χ1) is 11.2. The quantitative estimate of drug-likeness (QED) is 0.741. The average molecular weight is 375 g/mol. The van der Waals surface area contributed by atoms with E-state index in [0.29, 0.717) is 13.1 Å². The standard InChI is InChI=1S/C16H26N2O4S2/c1-4-13-5-7-14(8-6-13)24(21,22)16-12-23(19,20)11-15(16)17-9-10-18(2)3/h5-8,15-17H,4,9-12H2,1-3H3. The molecule has 0 amide bonds. The largest absolute Gasteiger partial charge is 0.310 e. The van der Waals surface area contributed by atoms with Gasteiger partial charge in [-0.3, -0.25) is 0 Å². The fourth-order valence-corrected chi connectivity index (χ4v) is 7.59. The topological polar surface area (TPSA) is 83.5 Å². The van der Waals surface area contributed by atoms with Gasteiger partial charge in [-0.1, -0.05) is 19.1 Å². The fraction of sp³-hybridized carbons (Fsp3) is 0.625. The van der Waals surface area contributed by atoms with Crippen molar-refractivity contribution in [2.45, 2.75) is 29.5 Å². The molecule has 0 saturated carbocycles. The van der Waals surface area contributed by atoms with Crippen molar-refractivity contribution in [2.24, 2.45) is 0 Å². The Bertz CT molecular complexity index is 756. The Balaban J connectivity index is 2.24. The molecule has 0 bridgehead atoms. The molecule has 1 heterocycles. The van der Waals surface area contributed by atoms with Crippen molar-refractivity contribution in [3.8, 4) is 0 Å². The van der Waals surface area contributed by atoms with Gasteiger partial charge in [0.25, 0.3) is 0 Å². The summed E-state index contributed by atoms with van der Waals surface area (Å²) < 4.78 is 49.9. The lowest BCUT2D eigenvalue weighted by atomic mass is 10.2. The smallest absolute Gasteiger partial charge is 0.183 e. The van der Waals surface area contributed by atoms with Crippen molar-refractivity contribution in [1.29, 1.82) is 0 Å². The number of likely N-dealkylation sites (N-methyl/N-ethyl adjacent to an activating group) is 1. The second kappa shape index (κ2) is 7.51. The van der Waals surface area contributed by atoms with Crippen LogP contribution in [0.2, 0.25) is 0 Å². The molecule has 2 rings (SSSR count). The molecule has 1 aromatic carbocycles. The van der Waals surface area contributed by atoms with Crippen LogP contribution in [0, 0.1) is 0 Å². The van der Waals surface area contributed by atoms with Gasteiger partial charge in [0, 0.05) is 19.1 Å². The summed E-state index contributed by atoms with van der Waals surface area (Å²) >= 11 is 0. The zero-order valence-corrected chi connectivity index (χ0v) is 16.0. The van der Waals surface area contributed by atoms with Crippen molar-refractivity contribution in [3.63, 3.8) is 0 Å². The molecular weight excluding hydrogens is 348 g/mol. The van der Waals surface area contributed by atoms with Gasteiger partial charge in [-0.15, -0.1) is 0 Å². The first-order valence-corrected chi connectivity index (χ1v) is 11.4. The highest BCUT2D eigenvalue weighted by Crippen LogP contribution is 2.26. The van der Waals surface area contributed by atoms with Crippen LogP contribution in [-0.4, -0.2) is 71.7 Å². The third-order valence-electron chi connectivity index (χ3n) is 4.32. The highest BCUT2D eigenvalue weighted by Gasteiger charge is 2.45. The Hall–Kier alpha value is -0.960. The van der Waals surface area contributed by atoms with Crippen LogP contribution in [0.25, 0.3) is 0 Å². The highest BCUT2D eigenvalue weighted by molar-refractivity contribution is 7.96. The molecule has 2 unspecified atom stereocenters. The number of nitrogens with zero attached hydrogens (tertiary/aromatic N) is 1. The molecule has 0 aromatic heterocycles. The summed E-state index contributed by atoms with van der Waals surface area (Å²) in [7, 11) is -3.22. The number of hydrogen-bond acceptors (Lipinski definition) is 6. The van der Waals surface area contributed by atoms with Crippen LogP contribution in [0.15, 0.2) is 29.2 Å². The molecule has 1 aliphatic heterocycles. The molecule has 1 N–H and O–H groups in total. The van der Waals surface area contributed by atoms with Gasteiger partial charge in [0.15, 0.2) is 19.7 Å². The van der Waals surface area contributed by atoms with E-state index in [1.807, 2.05) is 25.9 Å². The molecule has 6 nitrogen and oxygen atoms in total. The van der Waals surface area contributed by atoms with E-state index >= 15 is 0 Å². The Morgan fingerprint density at radius 2 is 1.79 bits per heavy atom. The van der Waals surface area contributed by atoms with E-state index in [9.17, 15) is 16.8 Å². The van der Waals surface area contributed by atoms with Gasteiger partial charge >= 0.3 is 0 Å². The van der Waals surface area contributed by atoms with Crippen LogP contribution < -0.4 is 5.32 Å². The molecule has 1 aliphatic rings. The monoisotopic (exact) mass is 374 g/mol. The third-order valence-corrected chi connectivity index (χ3v) is 8.49. The molecular formula is C16H26N2O4S2. The lowest BCUT2D eigenvalue weighted by Crippen LogP contribution is -2.45. The van der Waals surface area contributed by atoms with Crippen molar-refractivity contribution >= 4 is 19.7 Å². The molecule has 1 aromatic rings. The minimum absolute atomic E-state index is 0.128. The molecule has 2 atom stereocenters. The van der Waals surface area contributed by atoms with Crippen LogP contribution in [0.5, 0.6) is 0 Å². The maximum Gasteiger partial charge on any atom is 0.183 e. The molecule has 24 heavy (non-hydrogen) atoms. The van der Waals surface area contributed by atoms with Crippen LogP contribution in [0.3, 0.4) is 0 Å². The number of hydrogen-bond donors (Lipinski definition) is 1. The van der Waals surface area contributed by atoms with Gasteiger partial charge in [0.2, 0.25) is 0 Å². The van der Waals surface area contributed by atoms with E-state index in [4.69, 9.17) is 0 Å². The van der Waals surface area contributed by atoms with Crippen molar-refractivity contribution in [2.75, 3.05) is 38.7 Å². The van der Waals surface area contributed by atoms with Gasteiger partial charge in [0.05, 0.1) is 21.7 Å². The van der Waals surface area contributed by atoms with E-state index in [-0.39, 0.29) is 16.4 Å². The normalized spacial score (nSPS) is 23.7. The molecule has 0 radical (unpaired) electrons. The summed E-state index contributed by atoms with van der Waals surface area (Å²) in [5.74, 6) is -0.443. The third kappa shape index (κ3) is 4.56. The van der Waals surface area contributed by atoms with Crippen LogP contribution in [0.4, 0.5) is 0 Å². The van der Waals surface area contributed by atoms with Crippen molar-refractivity contribution in [1.82, 2.24) is 10.2 Å². The van der Waals surface area contributed by atoms with Gasteiger partial charge in [-0.2, -0.15) is 0 Å². The maximum atomic E-state index is 12.9. The van der Waals surface area contributed by atoms with E-state index in [2.05, 4.69) is 5.32 Å². The predicted octanol–water partition coefficient (Wildman–Crippen LogP) is 0.340. The Labute approximate surface area is 145 Å². The summed E-state index contributed by atoms with van der Waals surface area (Å²) in [6, 6.07) is 6.16. The molecule has 136 valence electrons. The second-order valence-electron chi connectivity index (χ2n) is 6.52. The van der Waals surface area contributed by atoms with Gasteiger partial charge in [0.1, 0.15) is 0 Å². The van der Waals surface area contributed by atoms with E-state index in [1.165, 1.54) is 0 Å². The fourth-order valence-electron chi connectivity index (χ4n) is 2.87. The number of aryl methyl sites for hydroxylation is 1.